The molecule has 1 amide bonds. The Labute approximate surface area is 95.4 Å². The lowest BCUT2D eigenvalue weighted by Gasteiger charge is -2.05. The van der Waals surface area contributed by atoms with Crippen LogP contribution in [0, 0.1) is 0 Å². The molecule has 0 radical (unpaired) electrons. The summed E-state index contributed by atoms with van der Waals surface area (Å²) in [5.74, 6) is -0.265. The van der Waals surface area contributed by atoms with Crippen LogP contribution in [0.15, 0.2) is 27.6 Å². The molecule has 2 aromatic rings. The van der Waals surface area contributed by atoms with Crippen LogP contribution in [0.25, 0.3) is 0 Å². The molecule has 2 aromatic heterocycles. The second kappa shape index (κ2) is 4.12. The first-order valence-corrected chi connectivity index (χ1v) is 4.79. The summed E-state index contributed by atoms with van der Waals surface area (Å²) >= 11 is 0. The van der Waals surface area contributed by atoms with E-state index < -0.39 is 11.5 Å². The maximum atomic E-state index is 11.3. The van der Waals surface area contributed by atoms with Gasteiger partial charge in [0.1, 0.15) is 11.3 Å². The van der Waals surface area contributed by atoms with Gasteiger partial charge in [-0.05, 0) is 12.1 Å². The number of primary amides is 1. The lowest BCUT2D eigenvalue weighted by atomic mass is 10.1. The summed E-state index contributed by atoms with van der Waals surface area (Å²) in [7, 11) is 0. The molecule has 0 aromatic carbocycles. The van der Waals surface area contributed by atoms with Gasteiger partial charge >= 0.3 is 0 Å². The molecule has 2 heterocycles. The number of furan rings is 1. The van der Waals surface area contributed by atoms with Crippen LogP contribution in [0.4, 0.5) is 5.69 Å². The van der Waals surface area contributed by atoms with E-state index >= 15 is 0 Å². The number of anilines is 1. The molecule has 7 heteroatoms. The second-order valence-electron chi connectivity index (χ2n) is 3.41. The lowest BCUT2D eigenvalue weighted by molar-refractivity contribution is 0.0999. The average Bonchev–Trinajstić information content (AvgIpc) is 2.74. The molecule has 0 fully saturated rings. The van der Waals surface area contributed by atoms with Crippen LogP contribution in [0.1, 0.15) is 21.8 Å². The fourth-order valence-electron chi connectivity index (χ4n) is 1.46. The third kappa shape index (κ3) is 2.03. The molecule has 17 heavy (non-hydrogen) atoms. The van der Waals surface area contributed by atoms with E-state index in [0.717, 1.165) is 0 Å². The third-order valence-corrected chi connectivity index (χ3v) is 2.27. The van der Waals surface area contributed by atoms with Gasteiger partial charge in [-0.15, -0.1) is 0 Å². The average molecular weight is 234 g/mol. The number of rotatable bonds is 3. The summed E-state index contributed by atoms with van der Waals surface area (Å²) in [5.41, 5.74) is 10.1. The molecule has 0 aliphatic rings. The fraction of sp³-hybridized carbons (Fsp3) is 0.100. The van der Waals surface area contributed by atoms with Crippen molar-refractivity contribution in [1.82, 2.24) is 10.2 Å². The minimum atomic E-state index is -0.883. The Bertz CT molecular complexity index is 601. The van der Waals surface area contributed by atoms with Crippen molar-refractivity contribution in [2.24, 2.45) is 5.73 Å². The highest BCUT2D eigenvalue weighted by Crippen LogP contribution is 2.15. The normalized spacial score (nSPS) is 10.4. The molecular formula is C10H10N4O3. The number of nitrogens with two attached hydrogens (primary N) is 2. The van der Waals surface area contributed by atoms with E-state index in [2.05, 4.69) is 10.2 Å². The van der Waals surface area contributed by atoms with Crippen LogP contribution in [0.2, 0.25) is 0 Å². The topological polar surface area (TPSA) is 128 Å². The molecule has 88 valence electrons. The highest BCUT2D eigenvalue weighted by molar-refractivity contribution is 5.97. The standard InChI is InChI=1S/C10H10N4O3/c11-8-6(4-5-2-1-3-17-5)13-14-10(16)7(8)9(12)15/h1-3H,4H2,(H2,12,15)(H3,11,14,16). The number of hydrogen-bond acceptors (Lipinski definition) is 5. The number of aromatic nitrogens is 2. The minimum Gasteiger partial charge on any atom is -0.469 e. The van der Waals surface area contributed by atoms with E-state index in [-0.39, 0.29) is 17.7 Å². The third-order valence-electron chi connectivity index (χ3n) is 2.27. The summed E-state index contributed by atoms with van der Waals surface area (Å²) in [4.78, 5) is 22.4. The van der Waals surface area contributed by atoms with Crippen molar-refractivity contribution >= 4 is 11.6 Å². The van der Waals surface area contributed by atoms with Gasteiger partial charge in [-0.2, -0.15) is 5.10 Å². The minimum absolute atomic E-state index is 0.0161. The largest absolute Gasteiger partial charge is 0.469 e. The molecular weight excluding hydrogens is 224 g/mol. The van der Waals surface area contributed by atoms with Crippen LogP contribution < -0.4 is 17.0 Å². The summed E-state index contributed by atoms with van der Waals surface area (Å²) in [6.45, 7) is 0. The summed E-state index contributed by atoms with van der Waals surface area (Å²) in [6, 6.07) is 3.45. The van der Waals surface area contributed by atoms with Gasteiger partial charge in [-0.25, -0.2) is 5.10 Å². The number of nitrogens with one attached hydrogen (secondary N) is 1. The second-order valence-corrected chi connectivity index (χ2v) is 3.41. The molecule has 0 saturated heterocycles. The van der Waals surface area contributed by atoms with Gasteiger partial charge in [-0.1, -0.05) is 0 Å². The number of carbonyl (C=O) groups excluding carboxylic acids is 1. The smallest absolute Gasteiger partial charge is 0.279 e. The molecule has 0 aliphatic heterocycles. The number of nitrogen functional groups attached to an aromatic ring is 1. The first kappa shape index (κ1) is 10.9. The quantitative estimate of drug-likeness (QED) is 0.667. The van der Waals surface area contributed by atoms with E-state index in [1.54, 1.807) is 12.1 Å². The van der Waals surface area contributed by atoms with E-state index in [4.69, 9.17) is 15.9 Å². The van der Waals surface area contributed by atoms with Crippen LogP contribution in [0.3, 0.4) is 0 Å². The van der Waals surface area contributed by atoms with Gasteiger partial charge in [-0.3, -0.25) is 9.59 Å². The predicted octanol–water partition coefficient (Wildman–Crippen LogP) is -0.365. The van der Waals surface area contributed by atoms with Crippen molar-refractivity contribution in [2.75, 3.05) is 5.73 Å². The number of nitrogens with zero attached hydrogens (tertiary/aromatic N) is 1. The zero-order valence-electron chi connectivity index (χ0n) is 8.77. The molecule has 5 N–H and O–H groups in total. The molecule has 0 aliphatic carbocycles. The van der Waals surface area contributed by atoms with E-state index in [9.17, 15) is 9.59 Å². The van der Waals surface area contributed by atoms with Crippen molar-refractivity contribution in [2.45, 2.75) is 6.42 Å². The molecule has 0 spiro atoms. The maximum absolute atomic E-state index is 11.3. The lowest BCUT2D eigenvalue weighted by Crippen LogP contribution is -2.27. The number of amides is 1. The summed E-state index contributed by atoms with van der Waals surface area (Å²) in [5, 5.41) is 5.94. The first-order valence-electron chi connectivity index (χ1n) is 4.79. The Hall–Kier alpha value is -2.57. The van der Waals surface area contributed by atoms with E-state index in [1.807, 2.05) is 0 Å². The first-order chi connectivity index (χ1) is 8.09. The van der Waals surface area contributed by atoms with Crippen LogP contribution in [-0.4, -0.2) is 16.1 Å². The highest BCUT2D eigenvalue weighted by atomic mass is 16.3. The van der Waals surface area contributed by atoms with Crippen molar-refractivity contribution in [1.29, 1.82) is 0 Å². The van der Waals surface area contributed by atoms with Gasteiger partial charge < -0.3 is 15.9 Å². The Morgan fingerprint density at radius 3 is 2.88 bits per heavy atom. The van der Waals surface area contributed by atoms with E-state index in [1.165, 1.54) is 6.26 Å². The number of hydrogen-bond donors (Lipinski definition) is 3. The summed E-state index contributed by atoms with van der Waals surface area (Å²) in [6.07, 6.45) is 1.78. The maximum Gasteiger partial charge on any atom is 0.279 e. The summed E-state index contributed by atoms with van der Waals surface area (Å²) < 4.78 is 5.12. The van der Waals surface area contributed by atoms with Crippen LogP contribution in [0.5, 0.6) is 0 Å². The number of H-pyrrole nitrogens is 1. The Morgan fingerprint density at radius 2 is 2.29 bits per heavy atom. The molecule has 0 atom stereocenters. The van der Waals surface area contributed by atoms with Crippen molar-refractivity contribution in [3.63, 3.8) is 0 Å². The van der Waals surface area contributed by atoms with Gasteiger partial charge in [0.05, 0.1) is 24.1 Å². The van der Waals surface area contributed by atoms with Gasteiger partial charge in [0.2, 0.25) is 0 Å². The Balaban J connectivity index is 2.46. The Kier molecular flexibility index (Phi) is 2.65. The monoisotopic (exact) mass is 234 g/mol. The molecule has 0 unspecified atom stereocenters. The van der Waals surface area contributed by atoms with Crippen molar-refractivity contribution < 1.29 is 9.21 Å². The number of carbonyl (C=O) groups is 1. The highest BCUT2D eigenvalue weighted by Gasteiger charge is 2.16. The predicted molar refractivity (Wildman–Crippen MR) is 59.3 cm³/mol. The van der Waals surface area contributed by atoms with Gasteiger partial charge in [0, 0.05) is 0 Å². The van der Waals surface area contributed by atoms with Gasteiger partial charge in [0.25, 0.3) is 11.5 Å². The molecule has 0 saturated carbocycles. The molecule has 7 nitrogen and oxygen atoms in total. The van der Waals surface area contributed by atoms with Gasteiger partial charge in [0.15, 0.2) is 0 Å². The van der Waals surface area contributed by atoms with Crippen LogP contribution in [-0.2, 0) is 6.42 Å². The Morgan fingerprint density at radius 1 is 1.53 bits per heavy atom. The fourth-order valence-corrected chi connectivity index (χ4v) is 1.46. The van der Waals surface area contributed by atoms with Crippen molar-refractivity contribution in [3.8, 4) is 0 Å². The molecule has 0 bridgehead atoms. The number of aromatic amines is 1. The van der Waals surface area contributed by atoms with Crippen molar-refractivity contribution in [3.05, 3.63) is 45.8 Å². The molecule has 2 rings (SSSR count). The van der Waals surface area contributed by atoms with E-state index in [0.29, 0.717) is 11.5 Å². The SMILES string of the molecule is NC(=O)c1c(N)c(Cc2ccco2)n[nH]c1=O. The van der Waals surface area contributed by atoms with Crippen LogP contribution >= 0.6 is 0 Å². The zero-order chi connectivity index (χ0) is 12.4. The zero-order valence-corrected chi connectivity index (χ0v) is 8.77.